The summed E-state index contributed by atoms with van der Waals surface area (Å²) in [5.41, 5.74) is 2.21. The number of allylic oxidation sites excluding steroid dienone is 3. The summed E-state index contributed by atoms with van der Waals surface area (Å²) >= 11 is 2.21. The van der Waals surface area contributed by atoms with Crippen LogP contribution in [-0.4, -0.2) is 39.0 Å². The van der Waals surface area contributed by atoms with Gasteiger partial charge < -0.3 is 9.84 Å². The molecule has 0 atom stereocenters. The van der Waals surface area contributed by atoms with Crippen molar-refractivity contribution in [2.75, 3.05) is 24.8 Å². The SMILES string of the molecule is CC(C)=C/C=C(/CO)C(=O)N(COCC[Si](C)(C)C)c1ccccc1I. The minimum absolute atomic E-state index is 0.176. The van der Waals surface area contributed by atoms with Crippen LogP contribution in [0.25, 0.3) is 0 Å². The standard InChI is InChI=1S/C20H30INO3Si/c1-16(2)10-11-17(14-23)20(24)22(15-25-12-13-26(3,4)5)19-9-7-6-8-18(19)21/h6-11,23H,12-15H2,1-5H3/b17-11-. The van der Waals surface area contributed by atoms with E-state index in [9.17, 15) is 9.90 Å². The number of nitrogens with zero attached hydrogens (tertiary/aromatic N) is 1. The minimum atomic E-state index is -1.19. The molecule has 1 aromatic rings. The van der Waals surface area contributed by atoms with Gasteiger partial charge in [-0.2, -0.15) is 0 Å². The summed E-state index contributed by atoms with van der Waals surface area (Å²) < 4.78 is 6.80. The number of benzene rings is 1. The first-order valence-electron chi connectivity index (χ1n) is 8.75. The molecule has 144 valence electrons. The van der Waals surface area contributed by atoms with Crippen LogP contribution in [0, 0.1) is 3.57 Å². The maximum Gasteiger partial charge on any atom is 0.258 e. The summed E-state index contributed by atoms with van der Waals surface area (Å²) in [6.07, 6.45) is 3.52. The fraction of sp³-hybridized carbons (Fsp3) is 0.450. The number of aliphatic hydroxyl groups is 1. The smallest absolute Gasteiger partial charge is 0.258 e. The molecule has 0 aromatic heterocycles. The van der Waals surface area contributed by atoms with Crippen molar-refractivity contribution in [1.29, 1.82) is 0 Å². The Bertz CT molecular complexity index is 661. The van der Waals surface area contributed by atoms with Gasteiger partial charge in [-0.05, 0) is 54.6 Å². The van der Waals surface area contributed by atoms with Crippen LogP contribution in [0.1, 0.15) is 13.8 Å². The van der Waals surface area contributed by atoms with Gasteiger partial charge in [0.25, 0.3) is 5.91 Å². The highest BCUT2D eigenvalue weighted by atomic mass is 127. The van der Waals surface area contributed by atoms with E-state index in [4.69, 9.17) is 4.74 Å². The molecule has 6 heteroatoms. The summed E-state index contributed by atoms with van der Waals surface area (Å²) in [5, 5.41) is 9.67. The molecule has 0 fully saturated rings. The summed E-state index contributed by atoms with van der Waals surface area (Å²) in [6.45, 7) is 11.3. The van der Waals surface area contributed by atoms with E-state index in [0.29, 0.717) is 12.2 Å². The zero-order valence-electron chi connectivity index (χ0n) is 16.4. The van der Waals surface area contributed by atoms with E-state index in [0.717, 1.165) is 20.9 Å². The molecule has 0 aliphatic heterocycles. The molecule has 0 bridgehead atoms. The Labute approximate surface area is 172 Å². The molecule has 0 aliphatic carbocycles. The third-order valence-corrected chi connectivity index (χ3v) is 6.28. The fourth-order valence-electron chi connectivity index (χ4n) is 2.07. The van der Waals surface area contributed by atoms with Crippen molar-refractivity contribution in [3.8, 4) is 0 Å². The molecule has 0 saturated heterocycles. The highest BCUT2D eigenvalue weighted by Crippen LogP contribution is 2.24. The number of hydrogen-bond acceptors (Lipinski definition) is 3. The Morgan fingerprint density at radius 1 is 1.23 bits per heavy atom. The third kappa shape index (κ3) is 8.16. The number of ether oxygens (including phenoxy) is 1. The van der Waals surface area contributed by atoms with Crippen molar-refractivity contribution in [1.82, 2.24) is 0 Å². The average molecular weight is 487 g/mol. The highest BCUT2D eigenvalue weighted by molar-refractivity contribution is 14.1. The topological polar surface area (TPSA) is 49.8 Å². The van der Waals surface area contributed by atoms with Crippen LogP contribution in [0.15, 0.2) is 47.6 Å². The van der Waals surface area contributed by atoms with Crippen LogP contribution in [0.4, 0.5) is 5.69 Å². The number of aliphatic hydroxyl groups excluding tert-OH is 1. The van der Waals surface area contributed by atoms with E-state index in [-0.39, 0.29) is 19.2 Å². The Hall–Kier alpha value is -0.963. The van der Waals surface area contributed by atoms with Crippen LogP contribution < -0.4 is 4.90 Å². The number of hydrogen-bond donors (Lipinski definition) is 1. The highest BCUT2D eigenvalue weighted by Gasteiger charge is 2.22. The molecule has 1 N–H and O–H groups in total. The largest absolute Gasteiger partial charge is 0.391 e. The van der Waals surface area contributed by atoms with E-state index >= 15 is 0 Å². The van der Waals surface area contributed by atoms with Gasteiger partial charge in [0.2, 0.25) is 0 Å². The zero-order chi connectivity index (χ0) is 19.7. The van der Waals surface area contributed by atoms with Crippen LogP contribution >= 0.6 is 22.6 Å². The van der Waals surface area contributed by atoms with Gasteiger partial charge in [-0.3, -0.25) is 9.69 Å². The van der Waals surface area contributed by atoms with Gasteiger partial charge in [0.1, 0.15) is 6.73 Å². The lowest BCUT2D eigenvalue weighted by Crippen LogP contribution is -2.36. The third-order valence-electron chi connectivity index (χ3n) is 3.67. The number of rotatable bonds is 9. The summed E-state index contributed by atoms with van der Waals surface area (Å²) in [4.78, 5) is 14.6. The van der Waals surface area contributed by atoms with Gasteiger partial charge in [-0.15, -0.1) is 0 Å². The van der Waals surface area contributed by atoms with Crippen LogP contribution in [0.3, 0.4) is 0 Å². The van der Waals surface area contributed by atoms with E-state index in [1.165, 1.54) is 0 Å². The summed E-state index contributed by atoms with van der Waals surface area (Å²) in [5.74, 6) is -0.234. The van der Waals surface area contributed by atoms with Crippen molar-refractivity contribution < 1.29 is 14.6 Å². The van der Waals surface area contributed by atoms with Crippen LogP contribution in [0.2, 0.25) is 25.7 Å². The number of carbonyl (C=O) groups excluding carboxylic acids is 1. The van der Waals surface area contributed by atoms with Crippen LogP contribution in [0.5, 0.6) is 0 Å². The van der Waals surface area contributed by atoms with Gasteiger partial charge in [0.05, 0.1) is 12.3 Å². The zero-order valence-corrected chi connectivity index (χ0v) is 19.5. The molecule has 0 radical (unpaired) electrons. The first kappa shape index (κ1) is 23.1. The molecule has 26 heavy (non-hydrogen) atoms. The lowest BCUT2D eigenvalue weighted by molar-refractivity contribution is -0.116. The van der Waals surface area contributed by atoms with Crippen LogP contribution in [-0.2, 0) is 9.53 Å². The minimum Gasteiger partial charge on any atom is -0.391 e. The Morgan fingerprint density at radius 3 is 2.42 bits per heavy atom. The van der Waals surface area contributed by atoms with Crippen molar-refractivity contribution in [3.63, 3.8) is 0 Å². The van der Waals surface area contributed by atoms with Gasteiger partial charge >= 0.3 is 0 Å². The molecular weight excluding hydrogens is 457 g/mol. The fourth-order valence-corrected chi connectivity index (χ4v) is 3.51. The maximum absolute atomic E-state index is 13.0. The quantitative estimate of drug-likeness (QED) is 0.136. The Morgan fingerprint density at radius 2 is 1.88 bits per heavy atom. The van der Waals surface area contributed by atoms with E-state index in [1.807, 2.05) is 44.2 Å². The summed E-state index contributed by atoms with van der Waals surface area (Å²) in [7, 11) is -1.19. The summed E-state index contributed by atoms with van der Waals surface area (Å²) in [6, 6.07) is 8.74. The molecule has 4 nitrogen and oxygen atoms in total. The average Bonchev–Trinajstić information content (AvgIpc) is 2.55. The number of halogens is 1. The Kier molecular flexibility index (Phi) is 9.77. The number of para-hydroxylation sites is 1. The van der Waals surface area contributed by atoms with Crippen molar-refractivity contribution in [2.24, 2.45) is 0 Å². The lowest BCUT2D eigenvalue weighted by atomic mass is 10.2. The van der Waals surface area contributed by atoms with Crippen molar-refractivity contribution >= 4 is 42.3 Å². The Balaban J connectivity index is 3.04. The monoisotopic (exact) mass is 487 g/mol. The molecule has 1 aromatic carbocycles. The molecule has 0 unspecified atom stereocenters. The second-order valence-electron chi connectivity index (χ2n) is 7.63. The predicted octanol–water partition coefficient (Wildman–Crippen LogP) is 4.82. The molecule has 0 aliphatic rings. The van der Waals surface area contributed by atoms with Gasteiger partial charge in [0, 0.05) is 23.8 Å². The number of amides is 1. The van der Waals surface area contributed by atoms with E-state index in [1.54, 1.807) is 11.0 Å². The lowest BCUT2D eigenvalue weighted by Gasteiger charge is -2.25. The molecule has 0 spiro atoms. The van der Waals surface area contributed by atoms with E-state index in [2.05, 4.69) is 42.2 Å². The predicted molar refractivity (Wildman–Crippen MR) is 120 cm³/mol. The number of carbonyl (C=O) groups is 1. The molecule has 1 amide bonds. The maximum atomic E-state index is 13.0. The van der Waals surface area contributed by atoms with E-state index < -0.39 is 8.07 Å². The number of anilines is 1. The van der Waals surface area contributed by atoms with Gasteiger partial charge in [0.15, 0.2) is 0 Å². The van der Waals surface area contributed by atoms with Gasteiger partial charge in [-0.1, -0.05) is 49.5 Å². The van der Waals surface area contributed by atoms with Crippen molar-refractivity contribution in [3.05, 3.63) is 51.1 Å². The normalized spacial score (nSPS) is 12.0. The van der Waals surface area contributed by atoms with Crippen molar-refractivity contribution in [2.45, 2.75) is 39.5 Å². The molecule has 0 heterocycles. The first-order chi connectivity index (χ1) is 12.2. The van der Waals surface area contributed by atoms with Gasteiger partial charge in [-0.25, -0.2) is 0 Å². The molecular formula is C20H30INO3Si. The second-order valence-corrected chi connectivity index (χ2v) is 14.4. The molecule has 1 rings (SSSR count). The molecule has 0 saturated carbocycles. The first-order valence-corrected chi connectivity index (χ1v) is 13.5. The second kappa shape index (κ2) is 11.0.